The maximum absolute atomic E-state index is 15.2. The second-order valence-electron chi connectivity index (χ2n) is 10.9. The first kappa shape index (κ1) is 27.5. The van der Waals surface area contributed by atoms with Crippen LogP contribution in [0.25, 0.3) is 0 Å². The standard InChI is InChI=1S/C27H28ClF4N3O4/c1-26(6-8-34(13-26)23-10-18(27(30,31)32)19(28)12-33-23)14-39-22-11-20(29)17(9-16(22)15-4-5-15)24(36)35-7-2-3-21(35)25(37)38/h9-12,15,21H,2-8,13-14H2,1H3,(H,37,38)/t21?,26-/m1/s1. The van der Waals surface area contributed by atoms with Gasteiger partial charge in [-0.05, 0) is 55.7 Å². The number of halogens is 5. The maximum Gasteiger partial charge on any atom is 0.418 e. The van der Waals surface area contributed by atoms with Crippen molar-refractivity contribution in [3.63, 3.8) is 0 Å². The molecule has 12 heteroatoms. The second kappa shape index (κ2) is 10.1. The largest absolute Gasteiger partial charge is 0.493 e. The van der Waals surface area contributed by atoms with E-state index in [0.717, 1.165) is 25.1 Å². The number of amides is 1. The summed E-state index contributed by atoms with van der Waals surface area (Å²) in [4.78, 5) is 31.6. The van der Waals surface area contributed by atoms with E-state index in [1.165, 1.54) is 17.0 Å². The van der Waals surface area contributed by atoms with Crippen molar-refractivity contribution in [3.05, 3.63) is 51.9 Å². The molecule has 2 saturated heterocycles. The molecule has 7 nitrogen and oxygen atoms in total. The predicted octanol–water partition coefficient (Wildman–Crippen LogP) is 5.75. The number of carbonyl (C=O) groups is 2. The Hall–Kier alpha value is -3.08. The molecule has 0 spiro atoms. The van der Waals surface area contributed by atoms with E-state index in [2.05, 4.69) is 4.98 Å². The fraction of sp³-hybridized carbons (Fsp3) is 0.519. The molecule has 2 aromatic rings. The Morgan fingerprint density at radius 3 is 2.62 bits per heavy atom. The monoisotopic (exact) mass is 569 g/mol. The number of aromatic nitrogens is 1. The van der Waals surface area contributed by atoms with Crippen molar-refractivity contribution in [3.8, 4) is 5.75 Å². The van der Waals surface area contributed by atoms with Crippen LogP contribution in [0.4, 0.5) is 23.4 Å². The zero-order chi connectivity index (χ0) is 28.1. The first-order valence-electron chi connectivity index (χ1n) is 12.8. The van der Waals surface area contributed by atoms with Gasteiger partial charge in [0.15, 0.2) is 0 Å². The lowest BCUT2D eigenvalue weighted by Gasteiger charge is -2.27. The van der Waals surface area contributed by atoms with E-state index < -0.39 is 45.9 Å². The van der Waals surface area contributed by atoms with Crippen molar-refractivity contribution in [1.29, 1.82) is 0 Å². The highest BCUT2D eigenvalue weighted by molar-refractivity contribution is 6.31. The summed E-state index contributed by atoms with van der Waals surface area (Å²) in [5.74, 6) is -1.91. The first-order chi connectivity index (χ1) is 18.4. The Bertz CT molecular complexity index is 1300. The van der Waals surface area contributed by atoms with Gasteiger partial charge in [-0.25, -0.2) is 14.2 Å². The Balaban J connectivity index is 1.31. The molecule has 1 aromatic carbocycles. The summed E-state index contributed by atoms with van der Waals surface area (Å²) < 4.78 is 61.2. The highest BCUT2D eigenvalue weighted by Gasteiger charge is 2.40. The molecule has 1 aliphatic carbocycles. The molecule has 39 heavy (non-hydrogen) atoms. The van der Waals surface area contributed by atoms with Crippen molar-refractivity contribution in [2.24, 2.45) is 5.41 Å². The van der Waals surface area contributed by atoms with Crippen LogP contribution in [-0.4, -0.2) is 59.1 Å². The topological polar surface area (TPSA) is 83.0 Å². The van der Waals surface area contributed by atoms with Crippen LogP contribution in [0.3, 0.4) is 0 Å². The van der Waals surface area contributed by atoms with Crippen LogP contribution < -0.4 is 9.64 Å². The number of rotatable bonds is 7. The lowest BCUT2D eigenvalue weighted by molar-refractivity contribution is -0.141. The number of benzene rings is 1. The van der Waals surface area contributed by atoms with Gasteiger partial charge in [0.25, 0.3) is 5.91 Å². The van der Waals surface area contributed by atoms with Crippen LogP contribution in [0.5, 0.6) is 5.75 Å². The molecule has 1 amide bonds. The average molecular weight is 570 g/mol. The normalized spacial score (nSPS) is 23.4. The molecule has 1 N–H and O–H groups in total. The van der Waals surface area contributed by atoms with E-state index in [-0.39, 0.29) is 30.5 Å². The molecule has 1 aromatic heterocycles. The fourth-order valence-electron chi connectivity index (χ4n) is 5.40. The van der Waals surface area contributed by atoms with E-state index >= 15 is 4.39 Å². The van der Waals surface area contributed by atoms with Crippen molar-refractivity contribution in [2.45, 2.75) is 57.2 Å². The summed E-state index contributed by atoms with van der Waals surface area (Å²) in [6.07, 6.45) is -0.376. The molecule has 0 bridgehead atoms. The van der Waals surface area contributed by atoms with E-state index in [4.69, 9.17) is 16.3 Å². The van der Waals surface area contributed by atoms with Gasteiger partial charge in [-0.15, -0.1) is 0 Å². The van der Waals surface area contributed by atoms with Crippen LogP contribution in [0.2, 0.25) is 5.02 Å². The quantitative estimate of drug-likeness (QED) is 0.427. The van der Waals surface area contributed by atoms with Crippen molar-refractivity contribution in [1.82, 2.24) is 9.88 Å². The van der Waals surface area contributed by atoms with Crippen LogP contribution >= 0.6 is 11.6 Å². The zero-order valence-corrected chi connectivity index (χ0v) is 22.0. The highest BCUT2D eigenvalue weighted by atomic mass is 35.5. The number of hydrogen-bond donors (Lipinski definition) is 1. The summed E-state index contributed by atoms with van der Waals surface area (Å²) in [7, 11) is 0. The third kappa shape index (κ3) is 5.64. The third-order valence-corrected chi connectivity index (χ3v) is 8.05. The minimum absolute atomic E-state index is 0.118. The zero-order valence-electron chi connectivity index (χ0n) is 21.2. The van der Waals surface area contributed by atoms with E-state index in [1.807, 2.05) is 6.92 Å². The molecule has 3 aliphatic rings. The van der Waals surface area contributed by atoms with Crippen LogP contribution in [-0.2, 0) is 11.0 Å². The number of hydrogen-bond acceptors (Lipinski definition) is 5. The Morgan fingerprint density at radius 2 is 1.95 bits per heavy atom. The summed E-state index contributed by atoms with van der Waals surface area (Å²) in [6.45, 7) is 3.22. The lowest BCUT2D eigenvalue weighted by atomic mass is 9.91. The maximum atomic E-state index is 15.2. The molecule has 2 aliphatic heterocycles. The number of pyridine rings is 1. The van der Waals surface area contributed by atoms with Gasteiger partial charge in [0, 0.05) is 37.3 Å². The van der Waals surface area contributed by atoms with Crippen molar-refractivity contribution < 1.29 is 37.0 Å². The molecular formula is C27H28ClF4N3O4. The van der Waals surface area contributed by atoms with Gasteiger partial charge >= 0.3 is 12.1 Å². The molecule has 2 atom stereocenters. The third-order valence-electron chi connectivity index (χ3n) is 7.75. The second-order valence-corrected chi connectivity index (χ2v) is 11.3. The van der Waals surface area contributed by atoms with Gasteiger partial charge in [0.1, 0.15) is 23.4 Å². The van der Waals surface area contributed by atoms with Crippen LogP contribution in [0.1, 0.15) is 66.4 Å². The summed E-state index contributed by atoms with van der Waals surface area (Å²) in [5.41, 5.74) is -0.847. The minimum Gasteiger partial charge on any atom is -0.493 e. The summed E-state index contributed by atoms with van der Waals surface area (Å²) in [6, 6.07) is 2.66. The number of carbonyl (C=O) groups excluding carboxylic acids is 1. The van der Waals surface area contributed by atoms with Crippen molar-refractivity contribution in [2.75, 3.05) is 31.1 Å². The molecule has 3 heterocycles. The number of carboxylic acids is 1. The van der Waals surface area contributed by atoms with Gasteiger partial charge in [0.05, 0.1) is 22.8 Å². The molecule has 3 fully saturated rings. The van der Waals surface area contributed by atoms with Gasteiger partial charge in [-0.1, -0.05) is 18.5 Å². The SMILES string of the molecule is C[C@@]1(COc2cc(F)c(C(=O)N3CCCC3C(=O)O)cc2C2CC2)CCN(c2cc(C(F)(F)F)c(Cl)cn2)C1. The smallest absolute Gasteiger partial charge is 0.418 e. The number of alkyl halides is 3. The number of nitrogens with zero attached hydrogens (tertiary/aromatic N) is 3. The van der Waals surface area contributed by atoms with Crippen molar-refractivity contribution >= 4 is 29.3 Å². The lowest BCUT2D eigenvalue weighted by Crippen LogP contribution is -2.40. The van der Waals surface area contributed by atoms with E-state index in [0.29, 0.717) is 43.7 Å². The average Bonchev–Trinajstić information content (AvgIpc) is 3.45. The summed E-state index contributed by atoms with van der Waals surface area (Å²) >= 11 is 5.71. The molecule has 0 radical (unpaired) electrons. The molecule has 210 valence electrons. The predicted molar refractivity (Wildman–Crippen MR) is 135 cm³/mol. The summed E-state index contributed by atoms with van der Waals surface area (Å²) in [5, 5.41) is 8.96. The van der Waals surface area contributed by atoms with E-state index in [1.54, 1.807) is 4.90 Å². The molecular weight excluding hydrogens is 542 g/mol. The minimum atomic E-state index is -4.60. The molecule has 5 rings (SSSR count). The van der Waals surface area contributed by atoms with Gasteiger partial charge < -0.3 is 19.6 Å². The Labute approximate surface area is 227 Å². The number of ether oxygens (including phenoxy) is 1. The number of likely N-dealkylation sites (tertiary alicyclic amines) is 1. The van der Waals surface area contributed by atoms with Gasteiger partial charge in [0.2, 0.25) is 0 Å². The highest BCUT2D eigenvalue weighted by Crippen LogP contribution is 2.46. The first-order valence-corrected chi connectivity index (χ1v) is 13.2. The van der Waals surface area contributed by atoms with E-state index in [9.17, 15) is 27.9 Å². The molecule has 1 unspecified atom stereocenters. The van der Waals surface area contributed by atoms with Crippen LogP contribution in [0.15, 0.2) is 24.4 Å². The number of anilines is 1. The van der Waals surface area contributed by atoms with Gasteiger partial charge in [-0.2, -0.15) is 13.2 Å². The Morgan fingerprint density at radius 1 is 1.21 bits per heavy atom. The number of aliphatic carboxylic acids is 1. The fourth-order valence-corrected chi connectivity index (χ4v) is 5.61. The van der Waals surface area contributed by atoms with Gasteiger partial charge in [-0.3, -0.25) is 4.79 Å². The molecule has 1 saturated carbocycles. The Kier molecular flexibility index (Phi) is 7.15. The van der Waals surface area contributed by atoms with Crippen LogP contribution in [0, 0.1) is 11.2 Å². The number of carboxylic acid groups (broad SMARTS) is 1.